The Morgan fingerprint density at radius 1 is 1.16 bits per heavy atom. The number of unbranched alkanes of at least 4 members (excludes halogenated alkanes) is 4. The van der Waals surface area contributed by atoms with E-state index in [4.69, 9.17) is 0 Å². The molecule has 0 bridgehead atoms. The number of halogens is 1. The van der Waals surface area contributed by atoms with Crippen molar-refractivity contribution in [1.29, 1.82) is 0 Å². The summed E-state index contributed by atoms with van der Waals surface area (Å²) in [6.45, 7) is 2.24. The van der Waals surface area contributed by atoms with Crippen LogP contribution in [0, 0.1) is 5.82 Å². The van der Waals surface area contributed by atoms with Gasteiger partial charge in [-0.15, -0.1) is 11.8 Å². The molecule has 3 heteroatoms. The van der Waals surface area contributed by atoms with E-state index in [9.17, 15) is 4.39 Å². The Labute approximate surface area is 121 Å². The zero-order valence-electron chi connectivity index (χ0n) is 12.1. The molecule has 19 heavy (non-hydrogen) atoms. The largest absolute Gasteiger partial charge is 0.316 e. The molecule has 1 N–H and O–H groups in total. The Morgan fingerprint density at radius 3 is 2.58 bits per heavy atom. The van der Waals surface area contributed by atoms with E-state index in [0.717, 1.165) is 10.6 Å². The van der Waals surface area contributed by atoms with Crippen molar-refractivity contribution in [2.45, 2.75) is 56.4 Å². The number of thioether (sulfide) groups is 1. The molecule has 1 nitrogen and oxygen atoms in total. The summed E-state index contributed by atoms with van der Waals surface area (Å²) in [7, 11) is 2.00. The zero-order valence-corrected chi connectivity index (χ0v) is 12.9. The maximum atomic E-state index is 13.5. The molecule has 0 saturated carbocycles. The average Bonchev–Trinajstić information content (AvgIpc) is 2.43. The van der Waals surface area contributed by atoms with Gasteiger partial charge in [0.25, 0.3) is 0 Å². The van der Waals surface area contributed by atoms with Crippen molar-refractivity contribution in [3.8, 4) is 0 Å². The molecule has 0 amide bonds. The fourth-order valence-electron chi connectivity index (χ4n) is 2.06. The number of rotatable bonds is 10. The van der Waals surface area contributed by atoms with Gasteiger partial charge in [0, 0.05) is 16.7 Å². The molecule has 0 saturated heterocycles. The van der Waals surface area contributed by atoms with Gasteiger partial charge in [0.1, 0.15) is 5.82 Å². The number of nitrogens with one attached hydrogen (secondary N) is 1. The Bertz CT molecular complexity index is 343. The Morgan fingerprint density at radius 2 is 1.89 bits per heavy atom. The highest BCUT2D eigenvalue weighted by Crippen LogP contribution is 2.23. The van der Waals surface area contributed by atoms with E-state index in [1.165, 1.54) is 44.6 Å². The van der Waals surface area contributed by atoms with Gasteiger partial charge in [-0.3, -0.25) is 0 Å². The molecule has 0 aromatic heterocycles. The molecule has 108 valence electrons. The highest BCUT2D eigenvalue weighted by Gasteiger charge is 2.08. The van der Waals surface area contributed by atoms with Gasteiger partial charge in [0.15, 0.2) is 0 Å². The van der Waals surface area contributed by atoms with E-state index in [1.54, 1.807) is 17.8 Å². The molecule has 0 fully saturated rings. The van der Waals surface area contributed by atoms with E-state index in [0.29, 0.717) is 6.04 Å². The number of hydrogen-bond acceptors (Lipinski definition) is 2. The van der Waals surface area contributed by atoms with Gasteiger partial charge < -0.3 is 5.32 Å². The van der Waals surface area contributed by atoms with Crippen LogP contribution in [-0.2, 0) is 0 Å². The molecular weight excluding hydrogens is 257 g/mol. The van der Waals surface area contributed by atoms with Crippen molar-refractivity contribution >= 4 is 11.8 Å². The number of benzene rings is 1. The maximum Gasteiger partial charge on any atom is 0.136 e. The number of hydrogen-bond donors (Lipinski definition) is 1. The Kier molecular flexibility index (Phi) is 8.93. The third kappa shape index (κ3) is 6.98. The van der Waals surface area contributed by atoms with Crippen molar-refractivity contribution in [2.24, 2.45) is 0 Å². The normalized spacial score (nSPS) is 12.6. The Hall–Kier alpha value is -0.540. The van der Waals surface area contributed by atoms with Crippen LogP contribution in [0.4, 0.5) is 4.39 Å². The molecule has 0 heterocycles. The van der Waals surface area contributed by atoms with Crippen molar-refractivity contribution in [1.82, 2.24) is 5.32 Å². The molecule has 0 aliphatic heterocycles. The summed E-state index contributed by atoms with van der Waals surface area (Å²) >= 11 is 1.61. The minimum absolute atomic E-state index is 0.106. The van der Waals surface area contributed by atoms with Gasteiger partial charge in [-0.1, -0.05) is 51.2 Å². The topological polar surface area (TPSA) is 12.0 Å². The molecule has 1 rings (SSSR count). The van der Waals surface area contributed by atoms with Gasteiger partial charge in [-0.25, -0.2) is 4.39 Å². The monoisotopic (exact) mass is 283 g/mol. The van der Waals surface area contributed by atoms with Crippen LogP contribution in [0.2, 0.25) is 0 Å². The summed E-state index contributed by atoms with van der Waals surface area (Å²) < 4.78 is 13.5. The van der Waals surface area contributed by atoms with Crippen LogP contribution >= 0.6 is 11.8 Å². The van der Waals surface area contributed by atoms with Crippen LogP contribution in [0.1, 0.15) is 45.4 Å². The van der Waals surface area contributed by atoms with E-state index < -0.39 is 0 Å². The summed E-state index contributed by atoms with van der Waals surface area (Å²) in [5.74, 6) is 0.830. The molecular formula is C16H26FNS. The van der Waals surface area contributed by atoms with Gasteiger partial charge in [-0.05, 0) is 25.6 Å². The average molecular weight is 283 g/mol. The minimum atomic E-state index is -0.106. The van der Waals surface area contributed by atoms with Crippen LogP contribution in [0.25, 0.3) is 0 Å². The van der Waals surface area contributed by atoms with Crippen molar-refractivity contribution < 1.29 is 4.39 Å². The van der Waals surface area contributed by atoms with Crippen LogP contribution in [-0.4, -0.2) is 18.8 Å². The second kappa shape index (κ2) is 10.3. The minimum Gasteiger partial charge on any atom is -0.316 e. The molecule has 0 aliphatic carbocycles. The summed E-state index contributed by atoms with van der Waals surface area (Å²) in [5.41, 5.74) is 0. The second-order valence-corrected chi connectivity index (χ2v) is 5.99. The SMILES string of the molecule is CCCCCCCC(CSc1ccccc1F)NC. The quantitative estimate of drug-likeness (QED) is 0.486. The third-order valence-electron chi connectivity index (χ3n) is 3.34. The molecule has 0 spiro atoms. The smallest absolute Gasteiger partial charge is 0.136 e. The lowest BCUT2D eigenvalue weighted by molar-refractivity contribution is 0.517. The second-order valence-electron chi connectivity index (χ2n) is 4.93. The summed E-state index contributed by atoms with van der Waals surface area (Å²) in [6, 6.07) is 7.49. The fourth-order valence-corrected chi connectivity index (χ4v) is 3.15. The van der Waals surface area contributed by atoms with Crippen LogP contribution < -0.4 is 5.32 Å². The lowest BCUT2D eigenvalue weighted by Crippen LogP contribution is -2.27. The van der Waals surface area contributed by atoms with Crippen LogP contribution in [0.15, 0.2) is 29.2 Å². The highest BCUT2D eigenvalue weighted by molar-refractivity contribution is 7.99. The standard InChI is InChI=1S/C16H26FNS/c1-3-4-5-6-7-10-14(18-2)13-19-16-12-9-8-11-15(16)17/h8-9,11-12,14,18H,3-7,10,13H2,1-2H3. The van der Waals surface area contributed by atoms with Crippen molar-refractivity contribution in [3.63, 3.8) is 0 Å². The van der Waals surface area contributed by atoms with E-state index in [-0.39, 0.29) is 5.82 Å². The predicted molar refractivity (Wildman–Crippen MR) is 83.3 cm³/mol. The van der Waals surface area contributed by atoms with E-state index >= 15 is 0 Å². The molecule has 0 radical (unpaired) electrons. The molecule has 0 aliphatic rings. The first kappa shape index (κ1) is 16.5. The summed E-state index contributed by atoms with van der Waals surface area (Å²) in [5, 5.41) is 3.34. The van der Waals surface area contributed by atoms with Gasteiger partial charge in [0.05, 0.1) is 0 Å². The first-order valence-corrected chi connectivity index (χ1v) is 8.31. The lowest BCUT2D eigenvalue weighted by Gasteiger charge is -2.15. The van der Waals surface area contributed by atoms with Gasteiger partial charge >= 0.3 is 0 Å². The fraction of sp³-hybridized carbons (Fsp3) is 0.625. The third-order valence-corrected chi connectivity index (χ3v) is 4.55. The van der Waals surface area contributed by atoms with Crippen molar-refractivity contribution in [3.05, 3.63) is 30.1 Å². The van der Waals surface area contributed by atoms with Gasteiger partial charge in [-0.2, -0.15) is 0 Å². The molecule has 1 atom stereocenters. The van der Waals surface area contributed by atoms with Crippen LogP contribution in [0.3, 0.4) is 0 Å². The molecule has 1 aromatic carbocycles. The molecule has 1 unspecified atom stereocenters. The highest BCUT2D eigenvalue weighted by atomic mass is 32.2. The maximum absolute atomic E-state index is 13.5. The zero-order chi connectivity index (χ0) is 13.9. The van der Waals surface area contributed by atoms with E-state index in [1.807, 2.05) is 19.2 Å². The first-order valence-electron chi connectivity index (χ1n) is 7.32. The van der Waals surface area contributed by atoms with Crippen LogP contribution in [0.5, 0.6) is 0 Å². The lowest BCUT2D eigenvalue weighted by atomic mass is 10.1. The Balaban J connectivity index is 2.23. The van der Waals surface area contributed by atoms with Crippen molar-refractivity contribution in [2.75, 3.05) is 12.8 Å². The first-order chi connectivity index (χ1) is 9.27. The summed E-state index contributed by atoms with van der Waals surface area (Å²) in [4.78, 5) is 0.758. The summed E-state index contributed by atoms with van der Waals surface area (Å²) in [6.07, 6.45) is 7.74. The predicted octanol–water partition coefficient (Wildman–Crippen LogP) is 4.87. The molecule has 1 aromatic rings. The van der Waals surface area contributed by atoms with Gasteiger partial charge in [0.2, 0.25) is 0 Å². The van der Waals surface area contributed by atoms with E-state index in [2.05, 4.69) is 12.2 Å².